The number of halogens is 3. The summed E-state index contributed by atoms with van der Waals surface area (Å²) in [6.07, 6.45) is 0. The number of carbonyl (C=O) groups excluding carboxylic acids is 1. The first-order valence-corrected chi connectivity index (χ1v) is 5.86. The van der Waals surface area contributed by atoms with Crippen molar-refractivity contribution in [3.05, 3.63) is 28.8 Å². The number of carbonyl (C=O) groups is 1. The maximum Gasteiger partial charge on any atom is 0.379 e. The molecular weight excluding hydrogens is 280 g/mol. The number of benzene rings is 1. The minimum absolute atomic E-state index is 0.0620. The number of nitrogens with two attached hydrogens (primary N) is 1. The van der Waals surface area contributed by atoms with Crippen LogP contribution in [0.25, 0.3) is 0 Å². The second-order valence-corrected chi connectivity index (χ2v) is 4.14. The van der Waals surface area contributed by atoms with Crippen LogP contribution in [0.2, 0.25) is 5.02 Å². The zero-order valence-electron chi connectivity index (χ0n) is 10.5. The van der Waals surface area contributed by atoms with Gasteiger partial charge in [0.15, 0.2) is 0 Å². The fraction of sp³-hybridized carbons (Fsp3) is 0.417. The first-order valence-electron chi connectivity index (χ1n) is 5.48. The Balaban J connectivity index is 3.14. The van der Waals surface area contributed by atoms with Crippen LogP contribution in [-0.4, -0.2) is 25.6 Å². The van der Waals surface area contributed by atoms with Gasteiger partial charge in [0.2, 0.25) is 0 Å². The largest absolute Gasteiger partial charge is 0.496 e. The summed E-state index contributed by atoms with van der Waals surface area (Å²) in [5, 5.41) is 0.214. The molecule has 106 valence electrons. The van der Waals surface area contributed by atoms with Crippen molar-refractivity contribution in [2.45, 2.75) is 18.9 Å². The lowest BCUT2D eigenvalue weighted by Crippen LogP contribution is -2.41. The Hall–Kier alpha value is -1.40. The molecule has 1 rings (SSSR count). The van der Waals surface area contributed by atoms with E-state index in [1.807, 2.05) is 0 Å². The third kappa shape index (κ3) is 3.33. The quantitative estimate of drug-likeness (QED) is 0.848. The van der Waals surface area contributed by atoms with Gasteiger partial charge in [-0.25, -0.2) is 4.79 Å². The molecule has 0 spiro atoms. The zero-order valence-corrected chi connectivity index (χ0v) is 11.2. The number of alkyl halides is 2. The smallest absolute Gasteiger partial charge is 0.379 e. The highest BCUT2D eigenvalue weighted by Gasteiger charge is 2.48. The van der Waals surface area contributed by atoms with E-state index >= 15 is 0 Å². The van der Waals surface area contributed by atoms with E-state index in [-0.39, 0.29) is 22.9 Å². The van der Waals surface area contributed by atoms with E-state index in [0.29, 0.717) is 0 Å². The van der Waals surface area contributed by atoms with Gasteiger partial charge in [-0.15, -0.1) is 0 Å². The van der Waals surface area contributed by atoms with Gasteiger partial charge in [-0.05, 0) is 25.1 Å². The highest BCUT2D eigenvalue weighted by molar-refractivity contribution is 6.30. The van der Waals surface area contributed by atoms with Gasteiger partial charge in [-0.2, -0.15) is 8.78 Å². The molecule has 0 bridgehead atoms. The molecule has 0 amide bonds. The van der Waals surface area contributed by atoms with Crippen LogP contribution in [0, 0.1) is 0 Å². The molecule has 0 saturated heterocycles. The fourth-order valence-corrected chi connectivity index (χ4v) is 1.68. The number of esters is 1. The van der Waals surface area contributed by atoms with E-state index in [4.69, 9.17) is 22.1 Å². The van der Waals surface area contributed by atoms with E-state index in [1.54, 1.807) is 0 Å². The number of hydrogen-bond donors (Lipinski definition) is 1. The Bertz CT molecular complexity index is 468. The van der Waals surface area contributed by atoms with Crippen LogP contribution in [0.5, 0.6) is 5.75 Å². The van der Waals surface area contributed by atoms with Gasteiger partial charge in [-0.3, -0.25) is 0 Å². The molecule has 1 aromatic rings. The van der Waals surface area contributed by atoms with Crippen LogP contribution < -0.4 is 10.5 Å². The fourth-order valence-electron chi connectivity index (χ4n) is 1.50. The predicted octanol–water partition coefficient (Wildman–Crippen LogP) is 2.55. The summed E-state index contributed by atoms with van der Waals surface area (Å²) < 4.78 is 36.9. The molecule has 0 saturated carbocycles. The Morgan fingerprint density at radius 3 is 2.68 bits per heavy atom. The standard InChI is InChI=1S/C12H14ClF2NO3/c1-3-19-11(17)12(14,15)10(16)8-6-7(13)4-5-9(8)18-2/h4-6,10H,3,16H2,1-2H3/t10-/m0/s1. The van der Waals surface area contributed by atoms with Gasteiger partial charge in [0.05, 0.1) is 13.7 Å². The van der Waals surface area contributed by atoms with Crippen molar-refractivity contribution < 1.29 is 23.0 Å². The Morgan fingerprint density at radius 1 is 1.53 bits per heavy atom. The average Bonchev–Trinajstić information content (AvgIpc) is 2.38. The number of hydrogen-bond acceptors (Lipinski definition) is 4. The van der Waals surface area contributed by atoms with E-state index in [0.717, 1.165) is 0 Å². The highest BCUT2D eigenvalue weighted by Crippen LogP contribution is 2.36. The molecule has 0 fully saturated rings. The van der Waals surface area contributed by atoms with Crippen LogP contribution >= 0.6 is 11.6 Å². The van der Waals surface area contributed by atoms with E-state index < -0.39 is 17.9 Å². The Morgan fingerprint density at radius 2 is 2.16 bits per heavy atom. The summed E-state index contributed by atoms with van der Waals surface area (Å²) in [4.78, 5) is 11.2. The molecular formula is C12H14ClF2NO3. The van der Waals surface area contributed by atoms with Crippen LogP contribution in [0.4, 0.5) is 8.78 Å². The predicted molar refractivity (Wildman–Crippen MR) is 66.5 cm³/mol. The Labute approximate surface area is 114 Å². The average molecular weight is 294 g/mol. The van der Waals surface area contributed by atoms with Gasteiger partial charge < -0.3 is 15.2 Å². The monoisotopic (exact) mass is 293 g/mol. The summed E-state index contributed by atoms with van der Waals surface area (Å²) in [7, 11) is 1.31. The van der Waals surface area contributed by atoms with Crippen molar-refractivity contribution in [3.8, 4) is 5.75 Å². The molecule has 0 heterocycles. The van der Waals surface area contributed by atoms with Gasteiger partial charge >= 0.3 is 11.9 Å². The second-order valence-electron chi connectivity index (χ2n) is 3.71. The second kappa shape index (κ2) is 6.16. The molecule has 0 aliphatic carbocycles. The first-order chi connectivity index (χ1) is 8.84. The molecule has 0 radical (unpaired) electrons. The van der Waals surface area contributed by atoms with Gasteiger partial charge in [-0.1, -0.05) is 11.6 Å². The molecule has 0 aromatic heterocycles. The van der Waals surface area contributed by atoms with E-state index in [2.05, 4.69) is 4.74 Å². The SMILES string of the molecule is CCOC(=O)C(F)(F)[C@@H](N)c1cc(Cl)ccc1OC. The molecule has 7 heteroatoms. The van der Waals surface area contributed by atoms with Crippen LogP contribution in [-0.2, 0) is 9.53 Å². The minimum Gasteiger partial charge on any atom is -0.496 e. The first kappa shape index (κ1) is 15.7. The van der Waals surface area contributed by atoms with Crippen molar-refractivity contribution in [1.82, 2.24) is 0 Å². The van der Waals surface area contributed by atoms with E-state index in [9.17, 15) is 13.6 Å². The van der Waals surface area contributed by atoms with Crippen LogP contribution in [0.15, 0.2) is 18.2 Å². The summed E-state index contributed by atoms with van der Waals surface area (Å²) >= 11 is 5.74. The molecule has 4 nitrogen and oxygen atoms in total. The van der Waals surface area contributed by atoms with Gasteiger partial charge in [0, 0.05) is 10.6 Å². The summed E-state index contributed by atoms with van der Waals surface area (Å²) in [5.74, 6) is -5.42. The topological polar surface area (TPSA) is 61.5 Å². The maximum absolute atomic E-state index is 13.8. The summed E-state index contributed by atoms with van der Waals surface area (Å²) in [5.41, 5.74) is 5.40. The molecule has 2 N–H and O–H groups in total. The van der Waals surface area contributed by atoms with Gasteiger partial charge in [0.1, 0.15) is 11.8 Å². The number of ether oxygens (including phenoxy) is 2. The van der Waals surface area contributed by atoms with E-state index in [1.165, 1.54) is 32.2 Å². The molecule has 1 aromatic carbocycles. The third-order valence-corrected chi connectivity index (χ3v) is 2.70. The summed E-state index contributed by atoms with van der Waals surface area (Å²) in [6, 6.07) is 2.20. The lowest BCUT2D eigenvalue weighted by molar-refractivity contribution is -0.174. The number of methoxy groups -OCH3 is 1. The highest BCUT2D eigenvalue weighted by atomic mass is 35.5. The molecule has 0 aliphatic heterocycles. The lowest BCUT2D eigenvalue weighted by Gasteiger charge is -2.23. The molecule has 0 aliphatic rings. The summed E-state index contributed by atoms with van der Waals surface area (Å²) in [6.45, 7) is 1.27. The third-order valence-electron chi connectivity index (χ3n) is 2.46. The van der Waals surface area contributed by atoms with Crippen LogP contribution in [0.3, 0.4) is 0 Å². The van der Waals surface area contributed by atoms with Crippen LogP contribution in [0.1, 0.15) is 18.5 Å². The lowest BCUT2D eigenvalue weighted by atomic mass is 10.0. The number of rotatable bonds is 5. The van der Waals surface area contributed by atoms with Crippen molar-refractivity contribution in [1.29, 1.82) is 0 Å². The Kier molecular flexibility index (Phi) is 5.08. The maximum atomic E-state index is 13.8. The molecule has 19 heavy (non-hydrogen) atoms. The van der Waals surface area contributed by atoms with Gasteiger partial charge in [0.25, 0.3) is 0 Å². The normalized spacial score (nSPS) is 12.9. The van der Waals surface area contributed by atoms with Crippen molar-refractivity contribution in [3.63, 3.8) is 0 Å². The zero-order chi connectivity index (χ0) is 14.6. The molecule has 1 atom stereocenters. The minimum atomic E-state index is -3.87. The van der Waals surface area contributed by atoms with Crippen molar-refractivity contribution in [2.24, 2.45) is 5.73 Å². The van der Waals surface area contributed by atoms with Crippen molar-refractivity contribution >= 4 is 17.6 Å². The van der Waals surface area contributed by atoms with Crippen molar-refractivity contribution in [2.75, 3.05) is 13.7 Å². The molecule has 0 unspecified atom stereocenters.